The average Bonchev–Trinajstić information content (AvgIpc) is 3.07. The molecule has 0 unspecified atom stereocenters. The number of carbonyl (C=O) groups excluding carboxylic acids is 1. The number of morpholine rings is 1. The molecule has 4 rings (SSSR count). The SMILES string of the molecule is Cc1nc([C@@H]2COCCN2C(=O)c2cnc3ccccc3c2)cs1. The number of amides is 1. The molecule has 1 fully saturated rings. The number of fused-ring (bicyclic) bond motifs is 1. The summed E-state index contributed by atoms with van der Waals surface area (Å²) in [6, 6.07) is 9.58. The number of rotatable bonds is 2. The first kappa shape index (κ1) is 15.2. The Hall–Kier alpha value is -2.31. The molecule has 3 heterocycles. The Morgan fingerprint density at radius 2 is 2.25 bits per heavy atom. The van der Waals surface area contributed by atoms with Crippen LogP contribution in [0.25, 0.3) is 10.9 Å². The first-order chi connectivity index (χ1) is 11.7. The van der Waals surface area contributed by atoms with Gasteiger partial charge in [0, 0.05) is 23.5 Å². The van der Waals surface area contributed by atoms with Crippen molar-refractivity contribution in [3.8, 4) is 0 Å². The van der Waals surface area contributed by atoms with Crippen LogP contribution in [0, 0.1) is 6.92 Å². The summed E-state index contributed by atoms with van der Waals surface area (Å²) in [6.45, 7) is 3.56. The maximum atomic E-state index is 13.0. The van der Waals surface area contributed by atoms with Crippen LogP contribution >= 0.6 is 11.3 Å². The number of pyridine rings is 1. The Morgan fingerprint density at radius 1 is 1.38 bits per heavy atom. The van der Waals surface area contributed by atoms with E-state index in [1.165, 1.54) is 0 Å². The van der Waals surface area contributed by atoms with Crippen molar-refractivity contribution in [2.45, 2.75) is 13.0 Å². The van der Waals surface area contributed by atoms with Gasteiger partial charge >= 0.3 is 0 Å². The van der Waals surface area contributed by atoms with Crippen LogP contribution in [0.4, 0.5) is 0 Å². The van der Waals surface area contributed by atoms with Crippen molar-refractivity contribution in [2.75, 3.05) is 19.8 Å². The molecule has 0 saturated carbocycles. The number of hydrogen-bond donors (Lipinski definition) is 0. The van der Waals surface area contributed by atoms with Gasteiger partial charge in [-0.25, -0.2) is 4.98 Å². The lowest BCUT2D eigenvalue weighted by Gasteiger charge is -2.34. The Bertz CT molecular complexity index is 893. The molecule has 3 aromatic rings. The van der Waals surface area contributed by atoms with Gasteiger partial charge in [0.1, 0.15) is 0 Å². The molecule has 0 bridgehead atoms. The van der Waals surface area contributed by atoms with Gasteiger partial charge < -0.3 is 9.64 Å². The van der Waals surface area contributed by atoms with Gasteiger partial charge in [-0.2, -0.15) is 0 Å². The van der Waals surface area contributed by atoms with E-state index in [4.69, 9.17) is 4.74 Å². The maximum absolute atomic E-state index is 13.0. The van der Waals surface area contributed by atoms with Gasteiger partial charge in [0.05, 0.1) is 41.0 Å². The molecule has 24 heavy (non-hydrogen) atoms. The summed E-state index contributed by atoms with van der Waals surface area (Å²) in [4.78, 5) is 23.8. The van der Waals surface area contributed by atoms with Crippen molar-refractivity contribution in [1.82, 2.24) is 14.9 Å². The van der Waals surface area contributed by atoms with E-state index in [2.05, 4.69) is 9.97 Å². The molecule has 0 aliphatic carbocycles. The monoisotopic (exact) mass is 339 g/mol. The molecule has 1 amide bonds. The summed E-state index contributed by atoms with van der Waals surface area (Å²) in [5, 5.41) is 3.97. The fourth-order valence-corrected chi connectivity index (χ4v) is 3.64. The second kappa shape index (κ2) is 6.30. The number of hydrogen-bond acceptors (Lipinski definition) is 5. The standard InChI is InChI=1S/C18H17N3O2S/c1-12-20-16(11-24-12)17-10-23-7-6-21(17)18(22)14-8-13-4-2-3-5-15(13)19-9-14/h2-5,8-9,11,17H,6-7,10H2,1H3/t17-/m0/s1. The first-order valence-electron chi connectivity index (χ1n) is 7.88. The predicted molar refractivity (Wildman–Crippen MR) is 93.2 cm³/mol. The van der Waals surface area contributed by atoms with Crippen LogP contribution in [-0.2, 0) is 4.74 Å². The third-order valence-corrected chi connectivity index (χ3v) is 5.00. The normalized spacial score (nSPS) is 18.0. The van der Waals surface area contributed by atoms with Crippen LogP contribution in [0.1, 0.15) is 27.1 Å². The van der Waals surface area contributed by atoms with Gasteiger partial charge in [-0.1, -0.05) is 18.2 Å². The van der Waals surface area contributed by atoms with Crippen LogP contribution in [-0.4, -0.2) is 40.5 Å². The minimum Gasteiger partial charge on any atom is -0.377 e. The van der Waals surface area contributed by atoms with Crippen molar-refractivity contribution < 1.29 is 9.53 Å². The molecule has 6 heteroatoms. The lowest BCUT2D eigenvalue weighted by atomic mass is 10.1. The van der Waals surface area contributed by atoms with Gasteiger partial charge in [0.2, 0.25) is 0 Å². The highest BCUT2D eigenvalue weighted by molar-refractivity contribution is 7.09. The molecule has 0 N–H and O–H groups in total. The quantitative estimate of drug-likeness (QED) is 0.719. The van der Waals surface area contributed by atoms with Crippen molar-refractivity contribution >= 4 is 28.1 Å². The molecule has 1 saturated heterocycles. The van der Waals surface area contributed by atoms with Crippen molar-refractivity contribution in [1.29, 1.82) is 0 Å². The molecule has 2 aromatic heterocycles. The average molecular weight is 339 g/mol. The molecule has 1 atom stereocenters. The second-order valence-electron chi connectivity index (χ2n) is 5.80. The summed E-state index contributed by atoms with van der Waals surface area (Å²) >= 11 is 1.59. The summed E-state index contributed by atoms with van der Waals surface area (Å²) in [7, 11) is 0. The van der Waals surface area contributed by atoms with Crippen LogP contribution in [0.5, 0.6) is 0 Å². The first-order valence-corrected chi connectivity index (χ1v) is 8.76. The topological polar surface area (TPSA) is 55.3 Å². The molecule has 1 aliphatic heterocycles. The maximum Gasteiger partial charge on any atom is 0.256 e. The zero-order chi connectivity index (χ0) is 16.5. The van der Waals surface area contributed by atoms with Gasteiger partial charge in [-0.05, 0) is 19.1 Å². The number of thiazole rings is 1. The molecule has 0 spiro atoms. The Balaban J connectivity index is 1.67. The highest BCUT2D eigenvalue weighted by atomic mass is 32.1. The third-order valence-electron chi connectivity index (χ3n) is 4.20. The van der Waals surface area contributed by atoms with Gasteiger partial charge in [-0.15, -0.1) is 11.3 Å². The molecular formula is C18H17N3O2S. The fraction of sp³-hybridized carbons (Fsp3) is 0.278. The highest BCUT2D eigenvalue weighted by Gasteiger charge is 2.31. The van der Waals surface area contributed by atoms with Crippen molar-refractivity contribution in [2.24, 2.45) is 0 Å². The number of para-hydroxylation sites is 1. The second-order valence-corrected chi connectivity index (χ2v) is 6.86. The lowest BCUT2D eigenvalue weighted by Crippen LogP contribution is -2.43. The number of aromatic nitrogens is 2. The summed E-state index contributed by atoms with van der Waals surface area (Å²) < 4.78 is 5.59. The van der Waals surface area contributed by atoms with E-state index in [-0.39, 0.29) is 11.9 Å². The molecule has 5 nitrogen and oxygen atoms in total. The van der Waals surface area contributed by atoms with E-state index < -0.39 is 0 Å². The Kier molecular flexibility index (Phi) is 4.00. The lowest BCUT2D eigenvalue weighted by molar-refractivity contribution is -0.00377. The molecule has 1 aliphatic rings. The highest BCUT2D eigenvalue weighted by Crippen LogP contribution is 2.27. The Morgan fingerprint density at radius 3 is 3.08 bits per heavy atom. The van der Waals surface area contributed by atoms with Gasteiger partial charge in [-0.3, -0.25) is 9.78 Å². The third kappa shape index (κ3) is 2.79. The number of aryl methyl sites for hydroxylation is 1. The number of nitrogens with zero attached hydrogens (tertiary/aromatic N) is 3. The van der Waals surface area contributed by atoms with E-state index in [0.29, 0.717) is 25.3 Å². The van der Waals surface area contributed by atoms with E-state index in [1.54, 1.807) is 17.5 Å². The van der Waals surface area contributed by atoms with Crippen LogP contribution in [0.3, 0.4) is 0 Å². The van der Waals surface area contributed by atoms with E-state index in [1.807, 2.05) is 47.5 Å². The van der Waals surface area contributed by atoms with Gasteiger partial charge in [0.25, 0.3) is 5.91 Å². The van der Waals surface area contributed by atoms with Crippen molar-refractivity contribution in [3.63, 3.8) is 0 Å². The molecule has 0 radical (unpaired) electrons. The van der Waals surface area contributed by atoms with Gasteiger partial charge in [0.15, 0.2) is 0 Å². The van der Waals surface area contributed by atoms with Crippen LogP contribution in [0.2, 0.25) is 0 Å². The Labute approximate surface area is 143 Å². The van der Waals surface area contributed by atoms with E-state index in [0.717, 1.165) is 21.6 Å². The number of carbonyl (C=O) groups is 1. The van der Waals surface area contributed by atoms with E-state index in [9.17, 15) is 4.79 Å². The van der Waals surface area contributed by atoms with Crippen molar-refractivity contribution in [3.05, 3.63) is 58.2 Å². The zero-order valence-electron chi connectivity index (χ0n) is 13.3. The zero-order valence-corrected chi connectivity index (χ0v) is 14.1. The summed E-state index contributed by atoms with van der Waals surface area (Å²) in [5.74, 6) is -0.0211. The fourth-order valence-electron chi connectivity index (χ4n) is 2.98. The molecular weight excluding hydrogens is 322 g/mol. The number of ether oxygens (including phenoxy) is 1. The minimum atomic E-state index is -0.136. The van der Waals surface area contributed by atoms with Crippen LogP contribution < -0.4 is 0 Å². The number of benzene rings is 1. The smallest absolute Gasteiger partial charge is 0.256 e. The largest absolute Gasteiger partial charge is 0.377 e. The molecule has 122 valence electrons. The molecule has 1 aromatic carbocycles. The minimum absolute atomic E-state index is 0.0211. The van der Waals surface area contributed by atoms with E-state index >= 15 is 0 Å². The van der Waals surface area contributed by atoms with Crippen LogP contribution in [0.15, 0.2) is 41.9 Å². The summed E-state index contributed by atoms with van der Waals surface area (Å²) in [6.07, 6.45) is 1.66. The summed E-state index contributed by atoms with van der Waals surface area (Å²) in [5.41, 5.74) is 2.40. The predicted octanol–water partition coefficient (Wildman–Crippen LogP) is 3.21.